The molecular formula is C21H24N4O. The molecule has 0 radical (unpaired) electrons. The molecular weight excluding hydrogens is 324 g/mol. The van der Waals surface area contributed by atoms with Crippen molar-refractivity contribution in [2.75, 3.05) is 33.7 Å². The Hall–Kier alpha value is -2.66. The smallest absolute Gasteiger partial charge is 0.253 e. The molecule has 26 heavy (non-hydrogen) atoms. The number of aryl methyl sites for hydroxylation is 1. The summed E-state index contributed by atoms with van der Waals surface area (Å²) in [5.74, 6) is 0.685. The summed E-state index contributed by atoms with van der Waals surface area (Å²) in [5, 5.41) is 0. The Labute approximate surface area is 153 Å². The first-order valence-electron chi connectivity index (χ1n) is 8.99. The maximum atomic E-state index is 12.7. The van der Waals surface area contributed by atoms with Gasteiger partial charge in [-0.3, -0.25) is 9.36 Å². The fraction of sp³-hybridized carbons (Fsp3) is 0.333. The van der Waals surface area contributed by atoms with E-state index < -0.39 is 0 Å². The summed E-state index contributed by atoms with van der Waals surface area (Å²) in [4.78, 5) is 21.3. The normalized spacial score (nSPS) is 14.8. The molecule has 1 aliphatic heterocycles. The zero-order valence-corrected chi connectivity index (χ0v) is 15.5. The van der Waals surface area contributed by atoms with E-state index in [2.05, 4.69) is 53.7 Å². The van der Waals surface area contributed by atoms with Crippen LogP contribution in [0.1, 0.15) is 15.9 Å². The van der Waals surface area contributed by atoms with Gasteiger partial charge in [0.2, 0.25) is 0 Å². The molecule has 0 aliphatic carbocycles. The predicted octanol–water partition coefficient (Wildman–Crippen LogP) is 2.97. The van der Waals surface area contributed by atoms with Crippen LogP contribution >= 0.6 is 0 Å². The maximum absolute atomic E-state index is 12.7. The first-order valence-corrected chi connectivity index (χ1v) is 8.99. The number of rotatable bonds is 4. The van der Waals surface area contributed by atoms with Crippen LogP contribution in [-0.4, -0.2) is 59.0 Å². The van der Waals surface area contributed by atoms with Gasteiger partial charge in [-0.2, -0.15) is 0 Å². The molecule has 0 unspecified atom stereocenters. The number of hydrogen-bond donors (Lipinski definition) is 0. The minimum atomic E-state index is 0.104. The van der Waals surface area contributed by atoms with E-state index in [4.69, 9.17) is 0 Å². The second-order valence-electron chi connectivity index (χ2n) is 7.50. The summed E-state index contributed by atoms with van der Waals surface area (Å²) >= 11 is 0. The number of fused-ring (bicyclic) bond motifs is 1. The minimum absolute atomic E-state index is 0.104. The van der Waals surface area contributed by atoms with Crippen LogP contribution in [0.2, 0.25) is 0 Å². The molecule has 4 rings (SSSR count). The van der Waals surface area contributed by atoms with Crippen molar-refractivity contribution < 1.29 is 4.79 Å². The van der Waals surface area contributed by atoms with Gasteiger partial charge in [-0.05, 0) is 56.9 Å². The van der Waals surface area contributed by atoms with E-state index in [0.717, 1.165) is 41.9 Å². The Morgan fingerprint density at radius 2 is 2.00 bits per heavy atom. The molecule has 1 aromatic heterocycles. The Bertz CT molecular complexity index is 954. The van der Waals surface area contributed by atoms with Crippen LogP contribution in [0.15, 0.2) is 48.8 Å². The van der Waals surface area contributed by atoms with Crippen molar-refractivity contribution in [3.8, 4) is 5.69 Å². The van der Waals surface area contributed by atoms with Gasteiger partial charge < -0.3 is 9.80 Å². The van der Waals surface area contributed by atoms with Crippen LogP contribution in [0.3, 0.4) is 0 Å². The Balaban J connectivity index is 1.55. The summed E-state index contributed by atoms with van der Waals surface area (Å²) in [5.41, 5.74) is 4.88. The molecule has 5 nitrogen and oxygen atoms in total. The topological polar surface area (TPSA) is 41.4 Å². The monoisotopic (exact) mass is 348 g/mol. The van der Waals surface area contributed by atoms with Gasteiger partial charge in [0, 0.05) is 36.8 Å². The molecule has 1 amide bonds. The van der Waals surface area contributed by atoms with Gasteiger partial charge in [0.1, 0.15) is 6.33 Å². The lowest BCUT2D eigenvalue weighted by Crippen LogP contribution is -2.53. The zero-order chi connectivity index (χ0) is 18.3. The molecule has 1 saturated heterocycles. The summed E-state index contributed by atoms with van der Waals surface area (Å²) in [6, 6.07) is 14.1. The van der Waals surface area contributed by atoms with Crippen molar-refractivity contribution >= 4 is 16.9 Å². The van der Waals surface area contributed by atoms with Crippen LogP contribution in [0.5, 0.6) is 0 Å². The number of nitrogens with zero attached hydrogens (tertiary/aromatic N) is 4. The van der Waals surface area contributed by atoms with E-state index in [1.54, 1.807) is 0 Å². The van der Waals surface area contributed by atoms with Crippen LogP contribution in [0.4, 0.5) is 0 Å². The van der Waals surface area contributed by atoms with E-state index in [0.29, 0.717) is 5.92 Å². The molecule has 0 bridgehead atoms. The summed E-state index contributed by atoms with van der Waals surface area (Å²) in [6.45, 7) is 4.79. The quantitative estimate of drug-likeness (QED) is 0.728. The molecule has 5 heteroatoms. The molecule has 134 valence electrons. The van der Waals surface area contributed by atoms with E-state index >= 15 is 0 Å². The molecule has 2 aromatic carbocycles. The highest BCUT2D eigenvalue weighted by atomic mass is 16.2. The standard InChI is InChI=1S/C21H24N4O/c1-15-5-4-6-18(9-15)25-14-22-19-10-17(7-8-20(19)25)21(26)24-12-16(13-24)11-23(2)3/h4-10,14,16H,11-13H2,1-3H3. The first-order chi connectivity index (χ1) is 12.5. The second kappa shape index (κ2) is 6.57. The Kier molecular flexibility index (Phi) is 4.24. The molecule has 0 N–H and O–H groups in total. The van der Waals surface area contributed by atoms with Crippen LogP contribution in [0, 0.1) is 12.8 Å². The zero-order valence-electron chi connectivity index (χ0n) is 15.5. The largest absolute Gasteiger partial charge is 0.338 e. The third-order valence-corrected chi connectivity index (χ3v) is 4.94. The van der Waals surface area contributed by atoms with Crippen LogP contribution < -0.4 is 0 Å². The minimum Gasteiger partial charge on any atom is -0.338 e. The second-order valence-corrected chi connectivity index (χ2v) is 7.50. The number of amides is 1. The van der Waals surface area contributed by atoms with Gasteiger partial charge in [-0.15, -0.1) is 0 Å². The average molecular weight is 348 g/mol. The van der Waals surface area contributed by atoms with Crippen molar-refractivity contribution in [2.24, 2.45) is 5.92 Å². The van der Waals surface area contributed by atoms with Gasteiger partial charge in [0.15, 0.2) is 0 Å². The number of benzene rings is 2. The third kappa shape index (κ3) is 3.10. The fourth-order valence-corrected chi connectivity index (χ4v) is 3.68. The summed E-state index contributed by atoms with van der Waals surface area (Å²) in [6.07, 6.45) is 1.82. The van der Waals surface area contributed by atoms with E-state index in [1.165, 1.54) is 5.56 Å². The molecule has 3 aromatic rings. The summed E-state index contributed by atoms with van der Waals surface area (Å²) in [7, 11) is 4.14. The third-order valence-electron chi connectivity index (χ3n) is 4.94. The molecule has 1 fully saturated rings. The van der Waals surface area contributed by atoms with Gasteiger partial charge >= 0.3 is 0 Å². The van der Waals surface area contributed by atoms with Gasteiger partial charge in [-0.25, -0.2) is 4.98 Å². The van der Waals surface area contributed by atoms with Gasteiger partial charge in [0.25, 0.3) is 5.91 Å². The lowest BCUT2D eigenvalue weighted by atomic mass is 9.98. The van der Waals surface area contributed by atoms with Crippen molar-refractivity contribution in [1.29, 1.82) is 0 Å². The Morgan fingerprint density at radius 1 is 1.19 bits per heavy atom. The van der Waals surface area contributed by atoms with Crippen LogP contribution in [-0.2, 0) is 0 Å². The first kappa shape index (κ1) is 16.8. The van der Waals surface area contributed by atoms with Crippen LogP contribution in [0.25, 0.3) is 16.7 Å². The van der Waals surface area contributed by atoms with Gasteiger partial charge in [0.05, 0.1) is 11.0 Å². The fourth-order valence-electron chi connectivity index (χ4n) is 3.68. The number of carbonyl (C=O) groups excluding carboxylic acids is 1. The lowest BCUT2D eigenvalue weighted by Gasteiger charge is -2.40. The number of carbonyl (C=O) groups is 1. The molecule has 0 saturated carbocycles. The number of likely N-dealkylation sites (tertiary alicyclic amines) is 1. The van der Waals surface area contributed by atoms with Crippen molar-refractivity contribution in [1.82, 2.24) is 19.4 Å². The van der Waals surface area contributed by atoms with E-state index in [-0.39, 0.29) is 5.91 Å². The Morgan fingerprint density at radius 3 is 2.73 bits per heavy atom. The molecule has 1 aliphatic rings. The highest BCUT2D eigenvalue weighted by molar-refractivity contribution is 5.98. The number of aromatic nitrogens is 2. The van der Waals surface area contributed by atoms with Crippen molar-refractivity contribution in [3.63, 3.8) is 0 Å². The average Bonchev–Trinajstić information content (AvgIpc) is 3.00. The SMILES string of the molecule is Cc1cccc(-n2cnc3cc(C(=O)N4CC(CN(C)C)C4)ccc32)c1. The number of hydrogen-bond acceptors (Lipinski definition) is 3. The molecule has 0 spiro atoms. The van der Waals surface area contributed by atoms with Crippen molar-refractivity contribution in [2.45, 2.75) is 6.92 Å². The van der Waals surface area contributed by atoms with E-state index in [1.807, 2.05) is 35.5 Å². The van der Waals surface area contributed by atoms with E-state index in [9.17, 15) is 4.79 Å². The van der Waals surface area contributed by atoms with Gasteiger partial charge in [-0.1, -0.05) is 12.1 Å². The lowest BCUT2D eigenvalue weighted by molar-refractivity contribution is 0.0450. The molecule has 2 heterocycles. The maximum Gasteiger partial charge on any atom is 0.253 e. The highest BCUT2D eigenvalue weighted by Crippen LogP contribution is 2.23. The van der Waals surface area contributed by atoms with Crippen molar-refractivity contribution in [3.05, 3.63) is 59.9 Å². The molecule has 0 atom stereocenters. The predicted molar refractivity (Wildman–Crippen MR) is 104 cm³/mol. The number of imidazole rings is 1. The highest BCUT2D eigenvalue weighted by Gasteiger charge is 2.31. The summed E-state index contributed by atoms with van der Waals surface area (Å²) < 4.78 is 2.06.